The highest BCUT2D eigenvalue weighted by Crippen LogP contribution is 2.29. The fraction of sp³-hybridized carbons (Fsp3) is 0.300. The molecule has 1 aromatic carbocycles. The number of carbonyl (C=O) groups is 1. The molecule has 0 N–H and O–H groups in total. The summed E-state index contributed by atoms with van der Waals surface area (Å²) in [6.07, 6.45) is 1.80. The number of nitrogens with zero attached hydrogens (tertiary/aromatic N) is 1. The summed E-state index contributed by atoms with van der Waals surface area (Å²) in [5.74, 6) is 0.853. The molecule has 1 aromatic rings. The van der Waals surface area contributed by atoms with Crippen LogP contribution in [-0.2, 0) is 11.2 Å². The average molecular weight is 177 g/mol. The Kier molecular flexibility index (Phi) is 1.93. The van der Waals surface area contributed by atoms with E-state index in [2.05, 4.69) is 0 Å². The summed E-state index contributed by atoms with van der Waals surface area (Å²) in [6, 6.07) is 5.79. The van der Waals surface area contributed by atoms with Crippen LogP contribution in [0.3, 0.4) is 0 Å². The minimum Gasteiger partial charge on any atom is -0.497 e. The van der Waals surface area contributed by atoms with Gasteiger partial charge in [-0.3, -0.25) is 4.79 Å². The molecule has 13 heavy (non-hydrogen) atoms. The van der Waals surface area contributed by atoms with E-state index in [1.165, 1.54) is 5.56 Å². The van der Waals surface area contributed by atoms with E-state index < -0.39 is 0 Å². The van der Waals surface area contributed by atoms with Crippen LogP contribution in [0.5, 0.6) is 5.75 Å². The number of hydrogen-bond acceptors (Lipinski definition) is 2. The van der Waals surface area contributed by atoms with E-state index in [-0.39, 0.29) is 0 Å². The molecule has 0 unspecified atom stereocenters. The quantitative estimate of drug-likeness (QED) is 0.635. The van der Waals surface area contributed by atoms with Crippen LogP contribution < -0.4 is 9.64 Å². The second-order valence-electron chi connectivity index (χ2n) is 3.04. The number of amides is 1. The smallest absolute Gasteiger partial charge is 0.214 e. The van der Waals surface area contributed by atoms with Gasteiger partial charge in [-0.1, -0.05) is 0 Å². The van der Waals surface area contributed by atoms with Gasteiger partial charge in [-0.2, -0.15) is 0 Å². The van der Waals surface area contributed by atoms with Crippen molar-refractivity contribution in [2.75, 3.05) is 18.6 Å². The summed E-state index contributed by atoms with van der Waals surface area (Å²) < 4.78 is 5.10. The molecule has 68 valence electrons. The second kappa shape index (κ2) is 3.09. The fourth-order valence-electron chi connectivity index (χ4n) is 1.64. The van der Waals surface area contributed by atoms with Gasteiger partial charge < -0.3 is 9.64 Å². The van der Waals surface area contributed by atoms with Crippen LogP contribution >= 0.6 is 0 Å². The molecule has 1 aliphatic rings. The summed E-state index contributed by atoms with van der Waals surface area (Å²) in [7, 11) is 1.65. The highest BCUT2D eigenvalue weighted by atomic mass is 16.5. The molecule has 0 fully saturated rings. The molecule has 0 atom stereocenters. The van der Waals surface area contributed by atoms with Gasteiger partial charge in [-0.25, -0.2) is 0 Å². The fourth-order valence-corrected chi connectivity index (χ4v) is 1.64. The third-order valence-electron chi connectivity index (χ3n) is 2.35. The van der Waals surface area contributed by atoms with Crippen molar-refractivity contribution in [2.45, 2.75) is 6.42 Å². The van der Waals surface area contributed by atoms with Crippen LogP contribution in [0.4, 0.5) is 5.69 Å². The molecule has 3 heteroatoms. The minimum absolute atomic E-state index is 0.784. The van der Waals surface area contributed by atoms with E-state index in [9.17, 15) is 4.79 Å². The Morgan fingerprint density at radius 2 is 2.38 bits per heavy atom. The van der Waals surface area contributed by atoms with Crippen LogP contribution in [-0.4, -0.2) is 20.1 Å². The molecule has 1 aliphatic heterocycles. The van der Waals surface area contributed by atoms with Gasteiger partial charge in [0, 0.05) is 12.2 Å². The van der Waals surface area contributed by atoms with Crippen molar-refractivity contribution in [1.82, 2.24) is 0 Å². The topological polar surface area (TPSA) is 29.5 Å². The lowest BCUT2D eigenvalue weighted by Gasteiger charge is -2.09. The maximum absolute atomic E-state index is 10.6. The normalized spacial score (nSPS) is 14.1. The number of carbonyl (C=O) groups excluding carboxylic acids is 1. The zero-order valence-electron chi connectivity index (χ0n) is 7.49. The van der Waals surface area contributed by atoms with E-state index in [0.29, 0.717) is 0 Å². The first kappa shape index (κ1) is 8.10. The molecule has 1 heterocycles. The molecule has 2 rings (SSSR count). The largest absolute Gasteiger partial charge is 0.497 e. The van der Waals surface area contributed by atoms with Gasteiger partial charge in [-0.05, 0) is 30.2 Å². The SMILES string of the molecule is COc1ccc2c(c1)CCN2C=O. The lowest BCUT2D eigenvalue weighted by molar-refractivity contribution is -0.107. The molecule has 0 radical (unpaired) electrons. The summed E-state index contributed by atoms with van der Waals surface area (Å²) in [5.41, 5.74) is 2.20. The van der Waals surface area contributed by atoms with E-state index in [0.717, 1.165) is 30.8 Å². The number of benzene rings is 1. The maximum Gasteiger partial charge on any atom is 0.214 e. The number of hydrogen-bond donors (Lipinski definition) is 0. The molecule has 0 aromatic heterocycles. The van der Waals surface area contributed by atoms with Crippen molar-refractivity contribution in [1.29, 1.82) is 0 Å². The van der Waals surface area contributed by atoms with Crippen LogP contribution in [0.1, 0.15) is 5.56 Å². The number of fused-ring (bicyclic) bond motifs is 1. The monoisotopic (exact) mass is 177 g/mol. The lowest BCUT2D eigenvalue weighted by Crippen LogP contribution is -2.17. The molecule has 0 spiro atoms. The first-order valence-electron chi connectivity index (χ1n) is 4.24. The van der Waals surface area contributed by atoms with E-state index in [4.69, 9.17) is 4.74 Å². The third kappa shape index (κ3) is 1.26. The van der Waals surface area contributed by atoms with Crippen molar-refractivity contribution in [3.8, 4) is 5.75 Å². The Morgan fingerprint density at radius 1 is 1.54 bits per heavy atom. The Labute approximate surface area is 76.9 Å². The maximum atomic E-state index is 10.6. The van der Waals surface area contributed by atoms with Crippen molar-refractivity contribution < 1.29 is 9.53 Å². The minimum atomic E-state index is 0.784. The van der Waals surface area contributed by atoms with Gasteiger partial charge in [0.2, 0.25) is 6.41 Å². The Bertz CT molecular complexity index is 336. The highest BCUT2D eigenvalue weighted by molar-refractivity contribution is 5.79. The molecule has 0 aliphatic carbocycles. The van der Waals surface area contributed by atoms with Crippen molar-refractivity contribution in [2.24, 2.45) is 0 Å². The Hall–Kier alpha value is -1.51. The third-order valence-corrected chi connectivity index (χ3v) is 2.35. The molecule has 0 saturated carbocycles. The second-order valence-corrected chi connectivity index (χ2v) is 3.04. The average Bonchev–Trinajstić information content (AvgIpc) is 2.59. The lowest BCUT2D eigenvalue weighted by atomic mass is 10.1. The summed E-state index contributed by atoms with van der Waals surface area (Å²) in [5, 5.41) is 0. The van der Waals surface area contributed by atoms with Gasteiger partial charge in [-0.15, -0.1) is 0 Å². The molecule has 1 amide bonds. The number of rotatable bonds is 2. The van der Waals surface area contributed by atoms with Gasteiger partial charge in [0.05, 0.1) is 7.11 Å². The zero-order chi connectivity index (χ0) is 9.26. The molecule has 3 nitrogen and oxygen atoms in total. The van der Waals surface area contributed by atoms with Gasteiger partial charge in [0.15, 0.2) is 0 Å². The van der Waals surface area contributed by atoms with Gasteiger partial charge in [0.1, 0.15) is 5.75 Å². The molecule has 0 saturated heterocycles. The van der Waals surface area contributed by atoms with E-state index in [1.807, 2.05) is 18.2 Å². The molecular weight excluding hydrogens is 166 g/mol. The van der Waals surface area contributed by atoms with Crippen molar-refractivity contribution >= 4 is 12.1 Å². The Morgan fingerprint density at radius 3 is 3.08 bits per heavy atom. The van der Waals surface area contributed by atoms with Crippen molar-refractivity contribution in [3.05, 3.63) is 23.8 Å². The first-order valence-corrected chi connectivity index (χ1v) is 4.24. The van der Waals surface area contributed by atoms with Crippen LogP contribution in [0, 0.1) is 0 Å². The summed E-state index contributed by atoms with van der Waals surface area (Å²) in [4.78, 5) is 12.3. The predicted octanol–water partition coefficient (Wildman–Crippen LogP) is 1.21. The predicted molar refractivity (Wildman–Crippen MR) is 50.1 cm³/mol. The zero-order valence-corrected chi connectivity index (χ0v) is 7.49. The van der Waals surface area contributed by atoms with Crippen molar-refractivity contribution in [3.63, 3.8) is 0 Å². The van der Waals surface area contributed by atoms with Crippen LogP contribution in [0.15, 0.2) is 18.2 Å². The van der Waals surface area contributed by atoms with E-state index >= 15 is 0 Å². The molecular formula is C10H11NO2. The highest BCUT2D eigenvalue weighted by Gasteiger charge is 2.18. The van der Waals surface area contributed by atoms with Gasteiger partial charge in [0.25, 0.3) is 0 Å². The molecule has 0 bridgehead atoms. The van der Waals surface area contributed by atoms with Gasteiger partial charge >= 0.3 is 0 Å². The number of anilines is 1. The summed E-state index contributed by atoms with van der Waals surface area (Å²) >= 11 is 0. The number of methoxy groups -OCH3 is 1. The first-order chi connectivity index (χ1) is 6.35. The van der Waals surface area contributed by atoms with Crippen LogP contribution in [0.25, 0.3) is 0 Å². The standard InChI is InChI=1S/C10H11NO2/c1-13-9-2-3-10-8(6-9)4-5-11(10)7-12/h2-3,6-7H,4-5H2,1H3. The summed E-state index contributed by atoms with van der Waals surface area (Å²) in [6.45, 7) is 0.784. The Balaban J connectivity index is 2.40. The van der Waals surface area contributed by atoms with E-state index in [1.54, 1.807) is 12.0 Å². The number of ether oxygens (including phenoxy) is 1. The van der Waals surface area contributed by atoms with Crippen LogP contribution in [0.2, 0.25) is 0 Å².